The van der Waals surface area contributed by atoms with Crippen LogP contribution in [0.25, 0.3) is 0 Å². The molecular weight excluding hydrogens is 212 g/mol. The fourth-order valence-electron chi connectivity index (χ4n) is 2.83. The molecular formula is C11H18O5. The first-order chi connectivity index (χ1) is 7.54. The summed E-state index contributed by atoms with van der Waals surface area (Å²) in [6.45, 7) is 0.867. The molecule has 1 heterocycles. The van der Waals surface area contributed by atoms with Crippen molar-refractivity contribution < 1.29 is 24.5 Å². The summed E-state index contributed by atoms with van der Waals surface area (Å²) in [6.07, 6.45) is 1.55. The van der Waals surface area contributed by atoms with Gasteiger partial charge in [0.05, 0.1) is 11.7 Å². The van der Waals surface area contributed by atoms with Gasteiger partial charge in [-0.2, -0.15) is 0 Å². The number of methoxy groups -OCH3 is 1. The van der Waals surface area contributed by atoms with Gasteiger partial charge in [-0.05, 0) is 12.8 Å². The first kappa shape index (κ1) is 11.8. The summed E-state index contributed by atoms with van der Waals surface area (Å²) in [4.78, 5) is 11.4. The lowest BCUT2D eigenvalue weighted by molar-refractivity contribution is -0.222. The first-order valence-electron chi connectivity index (χ1n) is 5.60. The van der Waals surface area contributed by atoms with E-state index in [1.807, 2.05) is 0 Å². The van der Waals surface area contributed by atoms with Crippen LogP contribution in [-0.4, -0.2) is 48.2 Å². The van der Waals surface area contributed by atoms with E-state index in [-0.39, 0.29) is 6.10 Å². The van der Waals surface area contributed by atoms with Gasteiger partial charge in [-0.3, -0.25) is 4.79 Å². The molecule has 0 amide bonds. The zero-order valence-corrected chi connectivity index (χ0v) is 9.44. The highest BCUT2D eigenvalue weighted by Gasteiger charge is 2.63. The largest absolute Gasteiger partial charge is 0.481 e. The number of aliphatic hydroxyl groups is 1. The van der Waals surface area contributed by atoms with E-state index in [4.69, 9.17) is 9.47 Å². The Morgan fingerprint density at radius 3 is 2.38 bits per heavy atom. The van der Waals surface area contributed by atoms with E-state index in [1.54, 1.807) is 7.11 Å². The molecule has 92 valence electrons. The number of carboxylic acid groups (broad SMARTS) is 1. The quantitative estimate of drug-likeness (QED) is 0.734. The molecule has 2 N–H and O–H groups in total. The van der Waals surface area contributed by atoms with Crippen LogP contribution >= 0.6 is 0 Å². The normalized spacial score (nSPS) is 37.8. The van der Waals surface area contributed by atoms with E-state index in [1.165, 1.54) is 0 Å². The predicted octanol–water partition coefficient (Wildman–Crippen LogP) is 0.408. The summed E-state index contributed by atoms with van der Waals surface area (Å²) in [5.41, 5.74) is -2.16. The van der Waals surface area contributed by atoms with Crippen molar-refractivity contribution in [2.75, 3.05) is 20.3 Å². The van der Waals surface area contributed by atoms with Gasteiger partial charge in [0.15, 0.2) is 0 Å². The van der Waals surface area contributed by atoms with Crippen LogP contribution < -0.4 is 0 Å². The molecule has 1 aliphatic heterocycles. The van der Waals surface area contributed by atoms with Crippen molar-refractivity contribution >= 4 is 5.97 Å². The molecule has 0 aromatic rings. The molecule has 0 bridgehead atoms. The van der Waals surface area contributed by atoms with Crippen molar-refractivity contribution in [3.05, 3.63) is 0 Å². The molecule has 2 fully saturated rings. The maximum atomic E-state index is 11.4. The second-order valence-corrected chi connectivity index (χ2v) is 4.80. The lowest BCUT2D eigenvalue weighted by Crippen LogP contribution is -2.63. The third-order valence-corrected chi connectivity index (χ3v) is 4.11. The van der Waals surface area contributed by atoms with Crippen LogP contribution in [0.2, 0.25) is 0 Å². The topological polar surface area (TPSA) is 76.0 Å². The number of hydrogen-bond donors (Lipinski definition) is 2. The van der Waals surface area contributed by atoms with Crippen LogP contribution in [0, 0.1) is 5.41 Å². The Hall–Kier alpha value is -0.650. The van der Waals surface area contributed by atoms with Gasteiger partial charge in [0.2, 0.25) is 0 Å². The molecule has 5 heteroatoms. The lowest BCUT2D eigenvalue weighted by atomic mass is 9.55. The Morgan fingerprint density at radius 1 is 1.38 bits per heavy atom. The molecule has 1 saturated heterocycles. The van der Waals surface area contributed by atoms with Gasteiger partial charge in [-0.1, -0.05) is 0 Å². The third-order valence-electron chi connectivity index (χ3n) is 4.11. The van der Waals surface area contributed by atoms with Crippen molar-refractivity contribution in [3.8, 4) is 0 Å². The summed E-state index contributed by atoms with van der Waals surface area (Å²) in [6, 6.07) is 0. The predicted molar refractivity (Wildman–Crippen MR) is 55.1 cm³/mol. The summed E-state index contributed by atoms with van der Waals surface area (Å²) in [7, 11) is 1.57. The maximum absolute atomic E-state index is 11.4. The van der Waals surface area contributed by atoms with Gasteiger partial charge in [0.25, 0.3) is 0 Å². The number of carboxylic acids is 1. The fraction of sp³-hybridized carbons (Fsp3) is 0.909. The average Bonchev–Trinajstić information content (AvgIpc) is 2.16. The van der Waals surface area contributed by atoms with Crippen LogP contribution in [0.5, 0.6) is 0 Å². The second-order valence-electron chi connectivity index (χ2n) is 4.80. The van der Waals surface area contributed by atoms with Crippen molar-refractivity contribution in [1.29, 1.82) is 0 Å². The van der Waals surface area contributed by atoms with E-state index in [9.17, 15) is 15.0 Å². The molecule has 0 aromatic heterocycles. The van der Waals surface area contributed by atoms with Gasteiger partial charge in [0, 0.05) is 33.2 Å². The van der Waals surface area contributed by atoms with Crippen molar-refractivity contribution in [2.24, 2.45) is 5.41 Å². The van der Waals surface area contributed by atoms with Gasteiger partial charge < -0.3 is 19.7 Å². The van der Waals surface area contributed by atoms with E-state index in [0.717, 1.165) is 0 Å². The van der Waals surface area contributed by atoms with Gasteiger partial charge >= 0.3 is 5.97 Å². The third kappa shape index (κ3) is 1.54. The standard InChI is InChI=1S/C11H18O5/c1-15-8-6-10(7-8,9(12)13)11(14)2-4-16-5-3-11/h8,14H,2-7H2,1H3,(H,12,13). The number of aliphatic carboxylic acids is 1. The fourth-order valence-corrected chi connectivity index (χ4v) is 2.83. The smallest absolute Gasteiger partial charge is 0.312 e. The molecule has 2 rings (SSSR count). The maximum Gasteiger partial charge on any atom is 0.312 e. The second kappa shape index (κ2) is 3.98. The molecule has 0 spiro atoms. The van der Waals surface area contributed by atoms with Gasteiger partial charge in [-0.25, -0.2) is 0 Å². The van der Waals surface area contributed by atoms with Crippen LogP contribution in [0.1, 0.15) is 25.7 Å². The van der Waals surface area contributed by atoms with Crippen LogP contribution in [0.4, 0.5) is 0 Å². The molecule has 2 aliphatic rings. The van der Waals surface area contributed by atoms with Crippen LogP contribution in [-0.2, 0) is 14.3 Å². The highest BCUT2D eigenvalue weighted by atomic mass is 16.5. The summed E-state index contributed by atoms with van der Waals surface area (Å²) in [5.74, 6) is -0.912. The monoisotopic (exact) mass is 230 g/mol. The molecule has 5 nitrogen and oxygen atoms in total. The minimum Gasteiger partial charge on any atom is -0.481 e. The Balaban J connectivity index is 2.17. The van der Waals surface area contributed by atoms with Gasteiger partial charge in [0.1, 0.15) is 5.41 Å². The minimum atomic E-state index is -1.13. The summed E-state index contributed by atoms with van der Waals surface area (Å²) < 4.78 is 10.3. The zero-order chi connectivity index (χ0) is 11.8. The SMILES string of the molecule is COC1CC(C(=O)O)(C2(O)CCOCC2)C1. The molecule has 0 unspecified atom stereocenters. The van der Waals surface area contributed by atoms with E-state index in [2.05, 4.69) is 0 Å². The molecule has 1 aliphatic carbocycles. The molecule has 0 aromatic carbocycles. The number of carbonyl (C=O) groups is 1. The zero-order valence-electron chi connectivity index (χ0n) is 9.44. The highest BCUT2D eigenvalue weighted by Crippen LogP contribution is 2.54. The first-order valence-corrected chi connectivity index (χ1v) is 5.60. The summed E-state index contributed by atoms with van der Waals surface area (Å²) in [5, 5.41) is 19.9. The molecule has 0 radical (unpaired) electrons. The Morgan fingerprint density at radius 2 is 1.94 bits per heavy atom. The summed E-state index contributed by atoms with van der Waals surface area (Å²) >= 11 is 0. The van der Waals surface area contributed by atoms with Gasteiger partial charge in [-0.15, -0.1) is 0 Å². The number of hydrogen-bond acceptors (Lipinski definition) is 4. The molecule has 1 saturated carbocycles. The minimum absolute atomic E-state index is 0.0389. The average molecular weight is 230 g/mol. The Kier molecular flexibility index (Phi) is 2.94. The van der Waals surface area contributed by atoms with Crippen molar-refractivity contribution in [2.45, 2.75) is 37.4 Å². The van der Waals surface area contributed by atoms with E-state index in [0.29, 0.717) is 38.9 Å². The van der Waals surface area contributed by atoms with E-state index >= 15 is 0 Å². The van der Waals surface area contributed by atoms with Crippen molar-refractivity contribution in [3.63, 3.8) is 0 Å². The molecule has 0 atom stereocenters. The van der Waals surface area contributed by atoms with E-state index < -0.39 is 17.0 Å². The number of ether oxygens (including phenoxy) is 2. The van der Waals surface area contributed by atoms with Crippen molar-refractivity contribution in [1.82, 2.24) is 0 Å². The Bertz CT molecular complexity index is 276. The number of rotatable bonds is 3. The lowest BCUT2D eigenvalue weighted by Gasteiger charge is -2.54. The Labute approximate surface area is 94.4 Å². The molecule has 16 heavy (non-hydrogen) atoms. The van der Waals surface area contributed by atoms with Crippen LogP contribution in [0.15, 0.2) is 0 Å². The van der Waals surface area contributed by atoms with Crippen LogP contribution in [0.3, 0.4) is 0 Å². The highest BCUT2D eigenvalue weighted by molar-refractivity contribution is 5.78.